The molecule has 0 radical (unpaired) electrons. The Morgan fingerprint density at radius 1 is 0.730 bits per heavy atom. The standard InChI is InChI=1S/C26H21N7O4/c1-29(2)14-5-8-18-21(11-14)30(3)19-9-7-17-16(24(19)27-18)6-10-20-25(17)28-26-22(31(20)4)12-15(32(34)35)13-23(26)33(36)37/h5-13H,1-4H3. The van der Waals surface area contributed by atoms with Crippen LogP contribution < -0.4 is 25.4 Å². The lowest BCUT2D eigenvalue weighted by Gasteiger charge is -2.28. The summed E-state index contributed by atoms with van der Waals surface area (Å²) in [6, 6.07) is 16.1. The zero-order valence-corrected chi connectivity index (χ0v) is 20.5. The topological polar surface area (TPSA) is 121 Å². The first kappa shape index (κ1) is 22.4. The Bertz CT molecular complexity index is 1820. The molecule has 0 saturated heterocycles. The van der Waals surface area contributed by atoms with E-state index in [1.807, 2.05) is 62.4 Å². The monoisotopic (exact) mass is 495 g/mol. The van der Waals surface area contributed by atoms with E-state index in [0.717, 1.165) is 44.9 Å². The van der Waals surface area contributed by atoms with Crippen molar-refractivity contribution in [1.82, 2.24) is 0 Å². The van der Waals surface area contributed by atoms with E-state index in [-0.39, 0.29) is 11.4 Å². The molecule has 0 aliphatic carbocycles. The van der Waals surface area contributed by atoms with Gasteiger partial charge in [0.15, 0.2) is 5.69 Å². The third-order valence-electron chi connectivity index (χ3n) is 6.94. The van der Waals surface area contributed by atoms with Crippen LogP contribution in [0.4, 0.5) is 51.2 Å². The second kappa shape index (κ2) is 7.72. The molecule has 0 bridgehead atoms. The number of anilines is 5. The van der Waals surface area contributed by atoms with Gasteiger partial charge in [-0.15, -0.1) is 0 Å². The van der Waals surface area contributed by atoms with Crippen LogP contribution in [0.2, 0.25) is 0 Å². The summed E-state index contributed by atoms with van der Waals surface area (Å²) in [5.41, 5.74) is 4.15. The van der Waals surface area contributed by atoms with Gasteiger partial charge in [0.25, 0.3) is 5.69 Å². The minimum Gasteiger partial charge on any atom is -0.378 e. The van der Waals surface area contributed by atoms with Crippen molar-refractivity contribution < 1.29 is 9.85 Å². The van der Waals surface area contributed by atoms with E-state index >= 15 is 0 Å². The number of non-ortho nitro benzene ring substituents is 1. The lowest BCUT2D eigenvalue weighted by molar-refractivity contribution is -0.393. The Labute approximate surface area is 210 Å². The molecule has 0 spiro atoms. The first-order valence-electron chi connectivity index (χ1n) is 11.4. The molecule has 2 aliphatic rings. The molecule has 0 fully saturated rings. The summed E-state index contributed by atoms with van der Waals surface area (Å²) in [5.74, 6) is 0. The Balaban J connectivity index is 1.65. The van der Waals surface area contributed by atoms with Gasteiger partial charge in [-0.2, -0.15) is 0 Å². The second-order valence-corrected chi connectivity index (χ2v) is 9.22. The highest BCUT2D eigenvalue weighted by Gasteiger charge is 2.30. The molecule has 0 unspecified atom stereocenters. The van der Waals surface area contributed by atoms with Crippen LogP contribution in [0.1, 0.15) is 0 Å². The fourth-order valence-corrected chi connectivity index (χ4v) is 4.98. The number of nitro benzene ring substituents is 2. The number of hydrogen-bond acceptors (Lipinski definition) is 9. The van der Waals surface area contributed by atoms with Gasteiger partial charge in [0.2, 0.25) is 0 Å². The summed E-state index contributed by atoms with van der Waals surface area (Å²) in [5, 5.41) is 26.2. The van der Waals surface area contributed by atoms with E-state index < -0.39 is 15.5 Å². The van der Waals surface area contributed by atoms with Crippen molar-refractivity contribution in [3.8, 4) is 0 Å². The van der Waals surface area contributed by atoms with Crippen LogP contribution in [0.3, 0.4) is 0 Å². The van der Waals surface area contributed by atoms with Crippen molar-refractivity contribution in [3.63, 3.8) is 0 Å². The van der Waals surface area contributed by atoms with Gasteiger partial charge in [-0.25, -0.2) is 9.98 Å². The maximum Gasteiger partial charge on any atom is 0.303 e. The van der Waals surface area contributed by atoms with Gasteiger partial charge >= 0.3 is 5.69 Å². The van der Waals surface area contributed by atoms with Gasteiger partial charge in [0, 0.05) is 50.7 Å². The zero-order valence-electron chi connectivity index (χ0n) is 20.5. The minimum atomic E-state index is -0.638. The molecule has 11 heteroatoms. The summed E-state index contributed by atoms with van der Waals surface area (Å²) in [6.45, 7) is 0. The predicted octanol–water partition coefficient (Wildman–Crippen LogP) is 4.79. The molecule has 4 aromatic carbocycles. The molecule has 6 rings (SSSR count). The maximum atomic E-state index is 11.8. The van der Waals surface area contributed by atoms with E-state index in [1.165, 1.54) is 6.07 Å². The third kappa shape index (κ3) is 3.20. The minimum absolute atomic E-state index is 0.0893. The van der Waals surface area contributed by atoms with Crippen LogP contribution in [0, 0.1) is 20.2 Å². The quantitative estimate of drug-likeness (QED) is 0.296. The van der Waals surface area contributed by atoms with Crippen molar-refractivity contribution in [1.29, 1.82) is 0 Å². The molecule has 0 N–H and O–H groups in total. The highest BCUT2D eigenvalue weighted by molar-refractivity contribution is 5.95. The molecular formula is C26H21N7O4. The number of nitrogens with zero attached hydrogens (tertiary/aromatic N) is 7. The molecule has 0 saturated carbocycles. The lowest BCUT2D eigenvalue weighted by atomic mass is 10.0. The number of hydrogen-bond donors (Lipinski definition) is 0. The third-order valence-corrected chi connectivity index (χ3v) is 6.94. The Kier molecular flexibility index (Phi) is 4.67. The molecule has 2 heterocycles. The van der Waals surface area contributed by atoms with Crippen LogP contribution in [0.5, 0.6) is 0 Å². The Hall–Kier alpha value is -5.06. The van der Waals surface area contributed by atoms with Crippen molar-refractivity contribution in [2.24, 2.45) is 9.98 Å². The smallest absolute Gasteiger partial charge is 0.303 e. The Morgan fingerprint density at radius 2 is 1.35 bits per heavy atom. The lowest BCUT2D eigenvalue weighted by Crippen LogP contribution is -2.27. The van der Waals surface area contributed by atoms with Crippen LogP contribution >= 0.6 is 0 Å². The molecular weight excluding hydrogens is 474 g/mol. The molecule has 4 aromatic rings. The van der Waals surface area contributed by atoms with Gasteiger partial charge < -0.3 is 14.7 Å². The van der Waals surface area contributed by atoms with Gasteiger partial charge in [-0.05, 0) is 42.5 Å². The molecule has 0 aromatic heterocycles. The number of rotatable bonds is 3. The van der Waals surface area contributed by atoms with Crippen LogP contribution in [-0.2, 0) is 0 Å². The SMILES string of the molecule is CN(C)c1ccc2c(c1)N(C)c1ccc3c4c(ccc3c1=N2)N(C)c1cc([N+](=O)[O-])cc([N+](=O)[O-])c1N=4. The molecule has 2 aliphatic heterocycles. The number of nitro groups is 2. The van der Waals surface area contributed by atoms with Crippen LogP contribution in [0.15, 0.2) is 64.6 Å². The maximum absolute atomic E-state index is 11.8. The van der Waals surface area contributed by atoms with Gasteiger partial charge in [-0.3, -0.25) is 20.2 Å². The van der Waals surface area contributed by atoms with E-state index in [0.29, 0.717) is 16.7 Å². The Morgan fingerprint density at radius 3 is 1.95 bits per heavy atom. The second-order valence-electron chi connectivity index (χ2n) is 9.22. The van der Waals surface area contributed by atoms with Crippen molar-refractivity contribution in [2.75, 3.05) is 42.9 Å². The van der Waals surface area contributed by atoms with E-state index in [1.54, 1.807) is 11.9 Å². The summed E-state index contributed by atoms with van der Waals surface area (Å²) >= 11 is 0. The van der Waals surface area contributed by atoms with E-state index in [4.69, 9.17) is 4.99 Å². The fourth-order valence-electron chi connectivity index (χ4n) is 4.98. The normalized spacial score (nSPS) is 13.1. The van der Waals surface area contributed by atoms with E-state index in [9.17, 15) is 20.2 Å². The number of benzene rings is 4. The molecule has 184 valence electrons. The van der Waals surface area contributed by atoms with E-state index in [2.05, 4.69) is 16.0 Å². The highest BCUT2D eigenvalue weighted by atomic mass is 16.6. The highest BCUT2D eigenvalue weighted by Crippen LogP contribution is 2.45. The van der Waals surface area contributed by atoms with Gasteiger partial charge in [0.1, 0.15) is 0 Å². The van der Waals surface area contributed by atoms with Gasteiger partial charge in [0.05, 0.1) is 55.1 Å². The molecule has 0 atom stereocenters. The van der Waals surface area contributed by atoms with Crippen molar-refractivity contribution in [3.05, 3.63) is 85.5 Å². The predicted molar refractivity (Wildman–Crippen MR) is 142 cm³/mol. The average molecular weight is 495 g/mol. The van der Waals surface area contributed by atoms with Gasteiger partial charge in [-0.1, -0.05) is 0 Å². The molecule has 0 amide bonds. The summed E-state index contributed by atoms with van der Waals surface area (Å²) in [6.07, 6.45) is 0. The summed E-state index contributed by atoms with van der Waals surface area (Å²) < 4.78 is 0. The van der Waals surface area contributed by atoms with Crippen LogP contribution in [0.25, 0.3) is 10.8 Å². The average Bonchev–Trinajstić information content (AvgIpc) is 2.87. The first-order valence-corrected chi connectivity index (χ1v) is 11.4. The summed E-state index contributed by atoms with van der Waals surface area (Å²) in [7, 11) is 7.71. The van der Waals surface area contributed by atoms with Crippen LogP contribution in [-0.4, -0.2) is 38.0 Å². The first-order chi connectivity index (χ1) is 17.7. The molecule has 11 nitrogen and oxygen atoms in total. The summed E-state index contributed by atoms with van der Waals surface area (Å²) in [4.78, 5) is 37.5. The number of fused-ring (bicyclic) bond motifs is 7. The van der Waals surface area contributed by atoms with Crippen molar-refractivity contribution in [2.45, 2.75) is 0 Å². The molecule has 37 heavy (non-hydrogen) atoms. The zero-order chi connectivity index (χ0) is 26.2. The fraction of sp³-hybridized carbons (Fsp3) is 0.154. The van der Waals surface area contributed by atoms with Crippen molar-refractivity contribution >= 4 is 62.0 Å². The largest absolute Gasteiger partial charge is 0.378 e.